The first-order valence-electron chi connectivity index (χ1n) is 7.27. The Hall–Kier alpha value is -0.0800. The molecule has 0 saturated heterocycles. The molecule has 0 aromatic rings. The van der Waals surface area contributed by atoms with Gasteiger partial charge in [-0.25, -0.2) is 0 Å². The lowest BCUT2D eigenvalue weighted by Gasteiger charge is -2.35. The molecule has 0 heterocycles. The van der Waals surface area contributed by atoms with Gasteiger partial charge in [-0.05, 0) is 44.4 Å². The molecular weight excluding hydrogens is 196 g/mol. The second-order valence-electron chi connectivity index (χ2n) is 5.80. The van der Waals surface area contributed by atoms with Crippen molar-refractivity contribution in [2.45, 2.75) is 76.9 Å². The van der Waals surface area contributed by atoms with Crippen molar-refractivity contribution in [3.63, 3.8) is 0 Å². The third kappa shape index (κ3) is 3.21. The second kappa shape index (κ2) is 5.50. The quantitative estimate of drug-likeness (QED) is 0.687. The largest absolute Gasteiger partial charge is 0.326 e. The van der Waals surface area contributed by atoms with Crippen LogP contribution in [0.25, 0.3) is 0 Å². The third-order valence-corrected chi connectivity index (χ3v) is 4.14. The van der Waals surface area contributed by atoms with E-state index in [4.69, 9.17) is 5.73 Å². The average molecular weight is 224 g/mol. The predicted molar refractivity (Wildman–Crippen MR) is 69.4 cm³/mol. The normalized spacial score (nSPS) is 24.8. The first-order chi connectivity index (χ1) is 7.76. The average Bonchev–Trinajstić information content (AvgIpc) is 3.13. The molecule has 2 rings (SSSR count). The van der Waals surface area contributed by atoms with Crippen molar-refractivity contribution in [3.8, 4) is 0 Å². The second-order valence-corrected chi connectivity index (χ2v) is 5.80. The Kier molecular flexibility index (Phi) is 4.26. The summed E-state index contributed by atoms with van der Waals surface area (Å²) in [5.41, 5.74) is 6.36. The number of hydrogen-bond donors (Lipinski definition) is 1. The zero-order valence-corrected chi connectivity index (χ0v) is 11.0. The van der Waals surface area contributed by atoms with Crippen LogP contribution in [-0.2, 0) is 0 Å². The van der Waals surface area contributed by atoms with Gasteiger partial charge in [-0.15, -0.1) is 0 Å². The van der Waals surface area contributed by atoms with E-state index in [1.807, 2.05) is 0 Å². The molecule has 2 saturated carbocycles. The summed E-state index contributed by atoms with van der Waals surface area (Å²) >= 11 is 0. The lowest BCUT2D eigenvalue weighted by atomic mass is 9.99. The molecule has 0 amide bonds. The van der Waals surface area contributed by atoms with Crippen LogP contribution in [0.4, 0.5) is 0 Å². The van der Waals surface area contributed by atoms with E-state index in [1.165, 1.54) is 51.5 Å². The van der Waals surface area contributed by atoms with Crippen LogP contribution in [0.5, 0.6) is 0 Å². The Morgan fingerprint density at radius 1 is 1.19 bits per heavy atom. The summed E-state index contributed by atoms with van der Waals surface area (Å²) in [5, 5.41) is 0. The van der Waals surface area contributed by atoms with E-state index in [-0.39, 0.29) is 0 Å². The van der Waals surface area contributed by atoms with Crippen molar-refractivity contribution < 1.29 is 0 Å². The molecule has 0 aliphatic heterocycles. The number of nitrogens with zero attached hydrogens (tertiary/aromatic N) is 1. The van der Waals surface area contributed by atoms with Crippen molar-refractivity contribution in [2.75, 3.05) is 6.54 Å². The smallest absolute Gasteiger partial charge is 0.0247 e. The molecule has 2 unspecified atom stereocenters. The fourth-order valence-electron chi connectivity index (χ4n) is 2.87. The van der Waals surface area contributed by atoms with Crippen molar-refractivity contribution in [1.29, 1.82) is 0 Å². The fourth-order valence-corrected chi connectivity index (χ4v) is 2.87. The molecule has 0 spiro atoms. The first-order valence-corrected chi connectivity index (χ1v) is 7.27. The minimum absolute atomic E-state index is 0.398. The van der Waals surface area contributed by atoms with Crippen LogP contribution >= 0.6 is 0 Å². The molecule has 2 N–H and O–H groups in total. The summed E-state index contributed by atoms with van der Waals surface area (Å²) < 4.78 is 0. The van der Waals surface area contributed by atoms with Crippen molar-refractivity contribution in [1.82, 2.24) is 4.90 Å². The standard InChI is InChI=1S/C14H28N2/c1-3-5-13(15)14(4-2)16(12-8-9-12)10-11-6-7-11/h11-14H,3-10,15H2,1-2H3. The van der Waals surface area contributed by atoms with E-state index in [1.54, 1.807) is 0 Å². The van der Waals surface area contributed by atoms with Crippen molar-refractivity contribution >= 4 is 0 Å². The van der Waals surface area contributed by atoms with Gasteiger partial charge in [-0.1, -0.05) is 20.3 Å². The van der Waals surface area contributed by atoms with Gasteiger partial charge >= 0.3 is 0 Å². The molecule has 94 valence electrons. The van der Waals surface area contributed by atoms with Crippen LogP contribution < -0.4 is 5.73 Å². The van der Waals surface area contributed by atoms with Gasteiger partial charge in [0.15, 0.2) is 0 Å². The van der Waals surface area contributed by atoms with Gasteiger partial charge in [0, 0.05) is 24.7 Å². The highest BCUT2D eigenvalue weighted by Crippen LogP contribution is 2.37. The first kappa shape index (κ1) is 12.4. The van der Waals surface area contributed by atoms with Crippen LogP contribution in [-0.4, -0.2) is 29.6 Å². The SMILES string of the molecule is CCCC(N)C(CC)N(CC1CC1)C1CC1. The van der Waals surface area contributed by atoms with Gasteiger partial charge in [-0.2, -0.15) is 0 Å². The maximum absolute atomic E-state index is 6.36. The molecule has 2 heteroatoms. The third-order valence-electron chi connectivity index (χ3n) is 4.14. The van der Waals surface area contributed by atoms with Gasteiger partial charge in [-0.3, -0.25) is 4.90 Å². The van der Waals surface area contributed by atoms with E-state index < -0.39 is 0 Å². The monoisotopic (exact) mass is 224 g/mol. The Balaban J connectivity index is 1.90. The van der Waals surface area contributed by atoms with Crippen molar-refractivity contribution in [3.05, 3.63) is 0 Å². The van der Waals surface area contributed by atoms with Crippen LogP contribution in [0.3, 0.4) is 0 Å². The van der Waals surface area contributed by atoms with Crippen molar-refractivity contribution in [2.24, 2.45) is 11.7 Å². The highest BCUT2D eigenvalue weighted by Gasteiger charge is 2.38. The molecule has 2 atom stereocenters. The number of hydrogen-bond acceptors (Lipinski definition) is 2. The minimum atomic E-state index is 0.398. The van der Waals surface area contributed by atoms with E-state index in [9.17, 15) is 0 Å². The number of nitrogens with two attached hydrogens (primary N) is 1. The topological polar surface area (TPSA) is 29.3 Å². The number of rotatable bonds is 8. The molecule has 0 bridgehead atoms. The lowest BCUT2D eigenvalue weighted by Crippen LogP contribution is -2.49. The summed E-state index contributed by atoms with van der Waals surface area (Å²) in [6.07, 6.45) is 9.39. The van der Waals surface area contributed by atoms with E-state index >= 15 is 0 Å². The van der Waals surface area contributed by atoms with Crippen LogP contribution in [0.15, 0.2) is 0 Å². The molecule has 2 aliphatic rings. The van der Waals surface area contributed by atoms with Gasteiger partial charge in [0.1, 0.15) is 0 Å². The summed E-state index contributed by atoms with van der Waals surface area (Å²) in [7, 11) is 0. The zero-order valence-electron chi connectivity index (χ0n) is 11.0. The Labute approximate surface area is 101 Å². The van der Waals surface area contributed by atoms with Crippen LogP contribution in [0, 0.1) is 5.92 Å². The molecule has 2 nitrogen and oxygen atoms in total. The Bertz CT molecular complexity index is 209. The summed E-state index contributed by atoms with van der Waals surface area (Å²) in [5.74, 6) is 1.00. The summed E-state index contributed by atoms with van der Waals surface area (Å²) in [4.78, 5) is 2.76. The lowest BCUT2D eigenvalue weighted by molar-refractivity contribution is 0.145. The van der Waals surface area contributed by atoms with E-state index in [0.29, 0.717) is 12.1 Å². The molecule has 16 heavy (non-hydrogen) atoms. The molecular formula is C14H28N2. The Morgan fingerprint density at radius 2 is 1.88 bits per heavy atom. The predicted octanol–water partition coefficient (Wildman–Crippen LogP) is 2.77. The molecule has 2 aliphatic carbocycles. The van der Waals surface area contributed by atoms with Crippen LogP contribution in [0.2, 0.25) is 0 Å². The summed E-state index contributed by atoms with van der Waals surface area (Å²) in [6.45, 7) is 5.89. The van der Waals surface area contributed by atoms with E-state index in [0.717, 1.165) is 12.0 Å². The van der Waals surface area contributed by atoms with Crippen LogP contribution in [0.1, 0.15) is 58.8 Å². The maximum Gasteiger partial charge on any atom is 0.0247 e. The summed E-state index contributed by atoms with van der Waals surface area (Å²) in [6, 6.07) is 1.93. The minimum Gasteiger partial charge on any atom is -0.326 e. The van der Waals surface area contributed by atoms with E-state index in [2.05, 4.69) is 18.7 Å². The highest BCUT2D eigenvalue weighted by molar-refractivity contribution is 4.94. The zero-order chi connectivity index (χ0) is 11.5. The molecule has 2 fully saturated rings. The molecule has 0 radical (unpaired) electrons. The fraction of sp³-hybridized carbons (Fsp3) is 1.00. The molecule has 0 aromatic carbocycles. The van der Waals surface area contributed by atoms with Gasteiger partial charge < -0.3 is 5.73 Å². The van der Waals surface area contributed by atoms with Gasteiger partial charge in [0.2, 0.25) is 0 Å². The molecule has 0 aromatic heterocycles. The highest BCUT2D eigenvalue weighted by atomic mass is 15.2. The Morgan fingerprint density at radius 3 is 2.31 bits per heavy atom. The van der Waals surface area contributed by atoms with Gasteiger partial charge in [0.25, 0.3) is 0 Å². The maximum atomic E-state index is 6.36. The van der Waals surface area contributed by atoms with Gasteiger partial charge in [0.05, 0.1) is 0 Å².